The summed E-state index contributed by atoms with van der Waals surface area (Å²) in [7, 11) is 0. The highest BCUT2D eigenvalue weighted by Gasteiger charge is 2.23. The van der Waals surface area contributed by atoms with E-state index in [-0.39, 0.29) is 0 Å². The van der Waals surface area contributed by atoms with Gasteiger partial charge in [0, 0.05) is 12.2 Å². The van der Waals surface area contributed by atoms with E-state index in [0.29, 0.717) is 12.0 Å². The van der Waals surface area contributed by atoms with Crippen LogP contribution in [0.1, 0.15) is 31.2 Å². The van der Waals surface area contributed by atoms with Crippen LogP contribution >= 0.6 is 0 Å². The summed E-state index contributed by atoms with van der Waals surface area (Å²) < 4.78 is 0. The van der Waals surface area contributed by atoms with E-state index in [1.165, 1.54) is 31.2 Å². The molecule has 1 fully saturated rings. The molecule has 1 aromatic heterocycles. The Labute approximate surface area is 97.5 Å². The van der Waals surface area contributed by atoms with Crippen LogP contribution in [0.2, 0.25) is 0 Å². The third-order valence-electron chi connectivity index (χ3n) is 3.59. The number of hydrogen-bond acceptors (Lipinski definition) is 3. The van der Waals surface area contributed by atoms with E-state index in [1.54, 1.807) is 0 Å². The van der Waals surface area contributed by atoms with Gasteiger partial charge in [-0.15, -0.1) is 0 Å². The van der Waals surface area contributed by atoms with Crippen LogP contribution in [-0.4, -0.2) is 17.6 Å². The molecule has 2 atom stereocenters. The Kier molecular flexibility index (Phi) is 3.78. The molecule has 0 saturated heterocycles. The quantitative estimate of drug-likeness (QED) is 0.820. The number of nitrogens with one attached hydrogen (secondary N) is 1. The fourth-order valence-corrected chi connectivity index (χ4v) is 2.49. The Balaban J connectivity index is 2.05. The minimum absolute atomic E-state index is 0.529. The number of rotatable bonds is 3. The Morgan fingerprint density at radius 3 is 3.00 bits per heavy atom. The van der Waals surface area contributed by atoms with Gasteiger partial charge in [0.25, 0.3) is 0 Å². The molecule has 0 radical (unpaired) electrons. The van der Waals surface area contributed by atoms with E-state index >= 15 is 0 Å². The molecule has 1 saturated carbocycles. The van der Waals surface area contributed by atoms with Crippen LogP contribution in [0, 0.1) is 12.8 Å². The predicted octanol–water partition coefficient (Wildman–Crippen LogP) is 2.32. The van der Waals surface area contributed by atoms with E-state index in [1.807, 2.05) is 18.5 Å². The minimum atomic E-state index is 0.529. The first-order chi connectivity index (χ1) is 7.81. The number of nitrogens with zero attached hydrogens (tertiary/aromatic N) is 1. The van der Waals surface area contributed by atoms with Crippen molar-refractivity contribution in [1.82, 2.24) is 4.98 Å². The zero-order valence-electron chi connectivity index (χ0n) is 9.95. The third-order valence-corrected chi connectivity index (χ3v) is 3.59. The van der Waals surface area contributed by atoms with Crippen LogP contribution < -0.4 is 11.1 Å². The van der Waals surface area contributed by atoms with Gasteiger partial charge in [0.1, 0.15) is 0 Å². The average Bonchev–Trinajstić information content (AvgIpc) is 2.33. The first-order valence-electron chi connectivity index (χ1n) is 6.18. The molecule has 0 amide bonds. The summed E-state index contributed by atoms with van der Waals surface area (Å²) in [6, 6.07) is 2.57. The zero-order valence-corrected chi connectivity index (χ0v) is 9.95. The van der Waals surface area contributed by atoms with Crippen LogP contribution in [0.25, 0.3) is 0 Å². The first kappa shape index (κ1) is 11.4. The summed E-state index contributed by atoms with van der Waals surface area (Å²) in [5, 5.41) is 3.61. The van der Waals surface area contributed by atoms with Crippen LogP contribution in [0.3, 0.4) is 0 Å². The van der Waals surface area contributed by atoms with Gasteiger partial charge in [-0.1, -0.05) is 12.8 Å². The van der Waals surface area contributed by atoms with Crippen molar-refractivity contribution in [2.75, 3.05) is 11.9 Å². The van der Waals surface area contributed by atoms with Crippen molar-refractivity contribution in [3.8, 4) is 0 Å². The van der Waals surface area contributed by atoms with E-state index in [9.17, 15) is 0 Å². The van der Waals surface area contributed by atoms with Crippen molar-refractivity contribution in [3.05, 3.63) is 24.0 Å². The second kappa shape index (κ2) is 5.30. The van der Waals surface area contributed by atoms with Crippen molar-refractivity contribution in [2.24, 2.45) is 11.7 Å². The molecule has 1 aliphatic rings. The molecule has 1 aromatic rings. The number of anilines is 1. The van der Waals surface area contributed by atoms with Gasteiger partial charge >= 0.3 is 0 Å². The molecule has 0 aromatic carbocycles. The number of nitrogens with two attached hydrogens (primary N) is 1. The molecule has 0 spiro atoms. The van der Waals surface area contributed by atoms with E-state index in [4.69, 9.17) is 5.73 Å². The monoisotopic (exact) mass is 219 g/mol. The lowest BCUT2D eigenvalue weighted by atomic mass is 9.84. The number of pyridine rings is 1. The minimum Gasteiger partial charge on any atom is -0.381 e. The standard InChI is InChI=1S/C13H21N3/c1-10-6-7-15-9-13(10)16-12-5-3-2-4-11(12)8-14/h6-7,9,11-12,16H,2-5,8,14H2,1H3. The number of hydrogen-bond donors (Lipinski definition) is 2. The van der Waals surface area contributed by atoms with Crippen molar-refractivity contribution in [3.63, 3.8) is 0 Å². The van der Waals surface area contributed by atoms with Gasteiger partial charge in [0.2, 0.25) is 0 Å². The molecular weight excluding hydrogens is 198 g/mol. The molecule has 16 heavy (non-hydrogen) atoms. The SMILES string of the molecule is Cc1ccncc1NC1CCCCC1CN. The summed E-state index contributed by atoms with van der Waals surface area (Å²) in [6.07, 6.45) is 8.88. The van der Waals surface area contributed by atoms with Gasteiger partial charge in [0.15, 0.2) is 0 Å². The van der Waals surface area contributed by atoms with Crippen molar-refractivity contribution in [1.29, 1.82) is 0 Å². The second-order valence-corrected chi connectivity index (χ2v) is 4.72. The maximum absolute atomic E-state index is 5.83. The summed E-state index contributed by atoms with van der Waals surface area (Å²) in [6.45, 7) is 2.90. The van der Waals surface area contributed by atoms with Gasteiger partial charge in [0.05, 0.1) is 11.9 Å². The molecule has 2 unspecified atom stereocenters. The number of aromatic nitrogens is 1. The van der Waals surface area contributed by atoms with Gasteiger partial charge in [-0.2, -0.15) is 0 Å². The van der Waals surface area contributed by atoms with Crippen LogP contribution in [0.5, 0.6) is 0 Å². The maximum atomic E-state index is 5.83. The highest BCUT2D eigenvalue weighted by Crippen LogP contribution is 2.27. The lowest BCUT2D eigenvalue weighted by Gasteiger charge is -2.32. The molecule has 2 rings (SSSR count). The van der Waals surface area contributed by atoms with Gasteiger partial charge in [-0.25, -0.2) is 0 Å². The summed E-state index contributed by atoms with van der Waals surface area (Å²) in [5.74, 6) is 0.619. The van der Waals surface area contributed by atoms with Gasteiger partial charge in [-0.3, -0.25) is 4.98 Å². The Hall–Kier alpha value is -1.09. The number of aryl methyl sites for hydroxylation is 1. The summed E-state index contributed by atoms with van der Waals surface area (Å²) in [5.41, 5.74) is 8.25. The lowest BCUT2D eigenvalue weighted by Crippen LogP contribution is -2.36. The van der Waals surface area contributed by atoms with E-state index in [2.05, 4.69) is 17.2 Å². The Morgan fingerprint density at radius 2 is 2.25 bits per heavy atom. The molecule has 0 aliphatic heterocycles. The molecule has 3 N–H and O–H groups in total. The predicted molar refractivity (Wildman–Crippen MR) is 67.4 cm³/mol. The van der Waals surface area contributed by atoms with Crippen LogP contribution in [0.4, 0.5) is 5.69 Å². The largest absolute Gasteiger partial charge is 0.381 e. The highest BCUT2D eigenvalue weighted by molar-refractivity contribution is 5.48. The Morgan fingerprint density at radius 1 is 1.44 bits per heavy atom. The van der Waals surface area contributed by atoms with Crippen LogP contribution in [-0.2, 0) is 0 Å². The fraction of sp³-hybridized carbons (Fsp3) is 0.615. The first-order valence-corrected chi connectivity index (χ1v) is 6.18. The molecular formula is C13H21N3. The van der Waals surface area contributed by atoms with Crippen molar-refractivity contribution in [2.45, 2.75) is 38.6 Å². The average molecular weight is 219 g/mol. The molecule has 1 aliphatic carbocycles. The van der Waals surface area contributed by atoms with E-state index in [0.717, 1.165) is 12.2 Å². The molecule has 0 bridgehead atoms. The molecule has 3 nitrogen and oxygen atoms in total. The second-order valence-electron chi connectivity index (χ2n) is 4.72. The summed E-state index contributed by atoms with van der Waals surface area (Å²) >= 11 is 0. The van der Waals surface area contributed by atoms with Crippen molar-refractivity contribution < 1.29 is 0 Å². The molecule has 1 heterocycles. The topological polar surface area (TPSA) is 50.9 Å². The zero-order chi connectivity index (χ0) is 11.4. The van der Waals surface area contributed by atoms with Gasteiger partial charge in [-0.05, 0) is 43.9 Å². The summed E-state index contributed by atoms with van der Waals surface area (Å²) in [4.78, 5) is 4.17. The third kappa shape index (κ3) is 2.53. The van der Waals surface area contributed by atoms with Crippen LogP contribution in [0.15, 0.2) is 18.5 Å². The normalized spacial score (nSPS) is 25.4. The smallest absolute Gasteiger partial charge is 0.0558 e. The molecule has 88 valence electrons. The van der Waals surface area contributed by atoms with E-state index < -0.39 is 0 Å². The lowest BCUT2D eigenvalue weighted by molar-refractivity contribution is 0.332. The molecule has 3 heteroatoms. The van der Waals surface area contributed by atoms with Crippen molar-refractivity contribution >= 4 is 5.69 Å². The maximum Gasteiger partial charge on any atom is 0.0558 e. The highest BCUT2D eigenvalue weighted by atomic mass is 14.9. The van der Waals surface area contributed by atoms with Gasteiger partial charge < -0.3 is 11.1 Å². The fourth-order valence-electron chi connectivity index (χ4n) is 2.49. The Bertz CT molecular complexity index is 338.